The smallest absolute Gasteiger partial charge is 0.259 e. The summed E-state index contributed by atoms with van der Waals surface area (Å²) in [5.74, 6) is 0.967. The summed E-state index contributed by atoms with van der Waals surface area (Å²) in [6.45, 7) is 4.43. The summed E-state index contributed by atoms with van der Waals surface area (Å²) in [5, 5.41) is 10.0. The van der Waals surface area contributed by atoms with Gasteiger partial charge < -0.3 is 0 Å². The van der Waals surface area contributed by atoms with E-state index in [4.69, 9.17) is 21.7 Å². The molecule has 0 saturated carbocycles. The number of aromatic nitrogens is 4. The molecule has 6 nitrogen and oxygen atoms in total. The molecule has 3 aliphatic carbocycles. The molecule has 0 amide bonds. The van der Waals surface area contributed by atoms with Gasteiger partial charge in [-0.15, -0.1) is 0 Å². The molecule has 198 valence electrons. The molecule has 10 rings (SSSR count). The molecular weight excluding hydrogens is 504 g/mol. The monoisotopic (exact) mass is 534 g/mol. The number of fused-ring (bicyclic) bond motifs is 7. The Kier molecular flexibility index (Phi) is 3.81. The van der Waals surface area contributed by atoms with Crippen molar-refractivity contribution in [3.63, 3.8) is 0 Å². The second-order valence-electron chi connectivity index (χ2n) is 12.4. The van der Waals surface area contributed by atoms with E-state index < -0.39 is 11.3 Å². The van der Waals surface area contributed by atoms with Crippen LogP contribution in [0.25, 0.3) is 11.1 Å². The molecule has 0 radical (unpaired) electrons. The Morgan fingerprint density at radius 1 is 0.659 bits per heavy atom. The Bertz CT molecular complexity index is 1940. The first-order valence-electron chi connectivity index (χ1n) is 14.8. The van der Waals surface area contributed by atoms with Crippen molar-refractivity contribution in [2.75, 3.05) is 0 Å². The molecule has 2 atom stereocenters. The lowest BCUT2D eigenvalue weighted by molar-refractivity contribution is -0.933. The number of nitrogens with zero attached hydrogens (tertiary/aromatic N) is 4. The lowest BCUT2D eigenvalue weighted by Crippen LogP contribution is -2.81. The minimum atomic E-state index is -0.960. The minimum absolute atomic E-state index is 0.00914. The van der Waals surface area contributed by atoms with Gasteiger partial charge in [0, 0.05) is 19.6 Å². The predicted octanol–water partition coefficient (Wildman–Crippen LogP) is 3.19. The van der Waals surface area contributed by atoms with Gasteiger partial charge in [-0.3, -0.25) is 11.5 Å². The fourth-order valence-corrected chi connectivity index (χ4v) is 9.37. The van der Waals surface area contributed by atoms with Crippen LogP contribution in [0.15, 0.2) is 67.0 Å². The summed E-state index contributed by atoms with van der Waals surface area (Å²) in [6, 6.07) is 22.5. The van der Waals surface area contributed by atoms with Crippen LogP contribution in [0, 0.1) is 0 Å². The van der Waals surface area contributed by atoms with Crippen molar-refractivity contribution >= 4 is 0 Å². The highest BCUT2D eigenvalue weighted by Gasteiger charge is 2.70. The third-order valence-electron chi connectivity index (χ3n) is 10.7. The number of nitrogens with two attached hydrogens (primary N) is 2. The highest BCUT2D eigenvalue weighted by atomic mass is 15.5. The second kappa shape index (κ2) is 6.96. The standard InChI is InChI=1S/C35H30N6/c1-3-18-7-5-9-20-15-22-11-13-24-25-14-12-23-16-21-10-6-8-19(4-2)30(21)35(37)32(23)27(25)28-26(24)31(22)34(36,29(18)20)40-33(28)41(35)39-17-38-40/h5-14,17,28H,3-4,15-16,36-37H2,1-2H3/q+2. The normalized spacial score (nSPS) is 24.0. The molecule has 0 bridgehead atoms. The van der Waals surface area contributed by atoms with Crippen LogP contribution in [0.2, 0.25) is 0 Å². The van der Waals surface area contributed by atoms with Crippen molar-refractivity contribution in [3.8, 4) is 11.1 Å². The SMILES string of the molecule is CCc1cccc2c1C1(N)c3c(ccc4c3C3c5c-4ccc4c5C(N)(c5c(CC)cccc5C4)[n+]4ncn[n+]1c43)C2. The zero-order valence-electron chi connectivity index (χ0n) is 23.2. The molecule has 3 heterocycles. The first kappa shape index (κ1) is 22.4. The summed E-state index contributed by atoms with van der Waals surface area (Å²) in [6.07, 6.45) is 5.22. The van der Waals surface area contributed by atoms with Crippen LogP contribution in [0.3, 0.4) is 0 Å². The van der Waals surface area contributed by atoms with Crippen LogP contribution in [0.5, 0.6) is 0 Å². The molecule has 4 aromatic carbocycles. The maximum absolute atomic E-state index is 7.85. The van der Waals surface area contributed by atoms with Gasteiger partial charge in [0.15, 0.2) is 5.92 Å². The van der Waals surface area contributed by atoms with E-state index in [2.05, 4.69) is 83.9 Å². The van der Waals surface area contributed by atoms with Gasteiger partial charge in [-0.05, 0) is 81.3 Å². The summed E-state index contributed by atoms with van der Waals surface area (Å²) in [5.41, 5.74) is 31.4. The van der Waals surface area contributed by atoms with Crippen molar-refractivity contribution in [2.24, 2.45) is 11.5 Å². The van der Waals surface area contributed by atoms with E-state index in [1.165, 1.54) is 77.9 Å². The van der Waals surface area contributed by atoms with E-state index >= 15 is 0 Å². The Hall–Kier alpha value is -4.26. The maximum Gasteiger partial charge on any atom is 0.485 e. The molecule has 6 heteroatoms. The van der Waals surface area contributed by atoms with Gasteiger partial charge in [0.25, 0.3) is 0 Å². The molecule has 5 aromatic rings. The zero-order valence-corrected chi connectivity index (χ0v) is 23.2. The number of hydrogen-bond donors (Lipinski definition) is 2. The van der Waals surface area contributed by atoms with Gasteiger partial charge in [0.05, 0.1) is 22.3 Å². The average Bonchev–Trinajstić information content (AvgIpc) is 3.34. The molecule has 0 fully saturated rings. The molecule has 4 N–H and O–H groups in total. The molecule has 41 heavy (non-hydrogen) atoms. The molecule has 1 aromatic heterocycles. The maximum atomic E-state index is 7.85. The fraction of sp³-hybridized carbons (Fsp3) is 0.257. The summed E-state index contributed by atoms with van der Waals surface area (Å²) in [7, 11) is 0. The van der Waals surface area contributed by atoms with Crippen molar-refractivity contribution in [3.05, 3.63) is 140 Å². The van der Waals surface area contributed by atoms with E-state index in [0.717, 1.165) is 31.5 Å². The van der Waals surface area contributed by atoms with E-state index in [1.54, 1.807) is 6.33 Å². The van der Waals surface area contributed by atoms with Crippen molar-refractivity contribution in [1.29, 1.82) is 0 Å². The van der Waals surface area contributed by atoms with Crippen LogP contribution < -0.4 is 20.8 Å². The first-order chi connectivity index (χ1) is 20.0. The van der Waals surface area contributed by atoms with Gasteiger partial charge in [-0.25, -0.2) is 0 Å². The highest BCUT2D eigenvalue weighted by molar-refractivity contribution is 5.86. The lowest BCUT2D eigenvalue weighted by atomic mass is 9.66. The number of aryl methyl sites for hydroxylation is 2. The fourth-order valence-electron chi connectivity index (χ4n) is 9.37. The summed E-state index contributed by atoms with van der Waals surface area (Å²) < 4.78 is 4.19. The third-order valence-corrected chi connectivity index (χ3v) is 10.7. The lowest BCUT2D eigenvalue weighted by Gasteiger charge is -2.41. The molecule has 2 unspecified atom stereocenters. The first-order valence-corrected chi connectivity index (χ1v) is 14.8. The largest absolute Gasteiger partial charge is 0.485 e. The van der Waals surface area contributed by atoms with E-state index in [0.29, 0.717) is 0 Å². The Morgan fingerprint density at radius 3 is 1.59 bits per heavy atom. The molecule has 2 aliphatic heterocycles. The minimum Gasteiger partial charge on any atom is -0.259 e. The topological polar surface area (TPSA) is 85.6 Å². The van der Waals surface area contributed by atoms with E-state index in [-0.39, 0.29) is 5.92 Å². The number of hydrogen-bond acceptors (Lipinski definition) is 4. The Morgan fingerprint density at radius 2 is 1.12 bits per heavy atom. The second-order valence-corrected chi connectivity index (χ2v) is 12.4. The third kappa shape index (κ3) is 2.21. The Labute approximate surface area is 238 Å². The average molecular weight is 535 g/mol. The van der Waals surface area contributed by atoms with E-state index in [9.17, 15) is 0 Å². The predicted molar refractivity (Wildman–Crippen MR) is 153 cm³/mol. The molecule has 0 spiro atoms. The van der Waals surface area contributed by atoms with Crippen LogP contribution in [-0.4, -0.2) is 10.2 Å². The van der Waals surface area contributed by atoms with Crippen molar-refractivity contribution in [2.45, 2.75) is 56.8 Å². The van der Waals surface area contributed by atoms with Gasteiger partial charge >= 0.3 is 17.2 Å². The van der Waals surface area contributed by atoms with E-state index in [1.807, 2.05) is 0 Å². The van der Waals surface area contributed by atoms with Crippen molar-refractivity contribution in [1.82, 2.24) is 10.2 Å². The van der Waals surface area contributed by atoms with Gasteiger partial charge in [-0.1, -0.05) is 74.5 Å². The highest BCUT2D eigenvalue weighted by Crippen LogP contribution is 2.60. The van der Waals surface area contributed by atoms with Gasteiger partial charge in [-0.2, -0.15) is 0 Å². The molecule has 0 saturated heterocycles. The number of benzene rings is 4. The van der Waals surface area contributed by atoms with Crippen LogP contribution in [0.4, 0.5) is 0 Å². The van der Waals surface area contributed by atoms with Crippen molar-refractivity contribution < 1.29 is 9.36 Å². The molecular formula is C35H30N6+2. The quantitative estimate of drug-likeness (QED) is 0.334. The molecule has 5 aliphatic rings. The number of rotatable bonds is 2. The Balaban J connectivity index is 1.43. The summed E-state index contributed by atoms with van der Waals surface area (Å²) >= 11 is 0. The van der Waals surface area contributed by atoms with Crippen LogP contribution >= 0.6 is 0 Å². The zero-order chi connectivity index (χ0) is 27.4. The van der Waals surface area contributed by atoms with Gasteiger partial charge in [0.1, 0.15) is 0 Å². The van der Waals surface area contributed by atoms with Crippen LogP contribution in [-0.2, 0) is 37.0 Å². The summed E-state index contributed by atoms with van der Waals surface area (Å²) in [4.78, 5) is 0. The van der Waals surface area contributed by atoms with Gasteiger partial charge in [0.2, 0.25) is 6.33 Å². The van der Waals surface area contributed by atoms with Crippen LogP contribution in [0.1, 0.15) is 92.4 Å².